The van der Waals surface area contributed by atoms with Crippen LogP contribution in [0.5, 0.6) is 0 Å². The Bertz CT molecular complexity index is 1400. The predicted molar refractivity (Wildman–Crippen MR) is 143 cm³/mol. The predicted octanol–water partition coefficient (Wildman–Crippen LogP) is 5.58. The van der Waals surface area contributed by atoms with E-state index in [9.17, 15) is 39.9 Å². The third-order valence-electron chi connectivity index (χ3n) is 7.05. The third kappa shape index (κ3) is 5.69. The van der Waals surface area contributed by atoms with Gasteiger partial charge in [-0.3, -0.25) is 0 Å². The van der Waals surface area contributed by atoms with Gasteiger partial charge in [0.05, 0.1) is 4.91 Å². The maximum atomic E-state index is 13.5. The van der Waals surface area contributed by atoms with Crippen LogP contribution in [0.1, 0.15) is 23.1 Å². The molecule has 2 aliphatic rings. The highest BCUT2D eigenvalue weighted by Gasteiger charge is 2.71. The molecule has 0 bridgehead atoms. The molecule has 1 fully saturated rings. The molecule has 5 nitrogen and oxygen atoms in total. The van der Waals surface area contributed by atoms with Crippen molar-refractivity contribution in [2.45, 2.75) is 43.8 Å². The molecule has 1 N–H and O–H groups in total. The van der Waals surface area contributed by atoms with Gasteiger partial charge in [-0.1, -0.05) is 66.3 Å². The zero-order chi connectivity index (χ0) is 29.5. The first-order chi connectivity index (χ1) is 18.6. The maximum absolute atomic E-state index is 13.5. The van der Waals surface area contributed by atoms with E-state index in [1.165, 1.54) is 10.4 Å². The normalized spacial score (nSPS) is 19.6. The smallest absolute Gasteiger partial charge is 0.369 e. The molecule has 216 valence electrons. The SMILES string of the molecule is Cc1ccc(CC2CN(S(=O)(=O)C3=CC=CCC3=S)CCN2c2ccc(C(O)(C(F)(F)F)C(F)(F)F)cc2)cc1. The number of hydrogen-bond acceptors (Lipinski definition) is 5. The molecular formula is C27H26F6N2O3S2. The number of nitrogens with zero attached hydrogens (tertiary/aromatic N) is 2. The van der Waals surface area contributed by atoms with Gasteiger partial charge in [-0.25, -0.2) is 8.42 Å². The number of hydrogen-bond donors (Lipinski definition) is 1. The summed E-state index contributed by atoms with van der Waals surface area (Å²) in [6.07, 6.45) is -6.50. The second-order valence-corrected chi connectivity index (χ2v) is 12.1. The van der Waals surface area contributed by atoms with Gasteiger partial charge in [0.1, 0.15) is 0 Å². The molecule has 0 saturated carbocycles. The lowest BCUT2D eigenvalue weighted by Gasteiger charge is -2.43. The first kappa shape index (κ1) is 30.2. The van der Waals surface area contributed by atoms with E-state index in [-0.39, 0.29) is 29.4 Å². The summed E-state index contributed by atoms with van der Waals surface area (Å²) in [6.45, 7) is 2.06. The summed E-state index contributed by atoms with van der Waals surface area (Å²) in [5.41, 5.74) is -4.22. The fourth-order valence-electron chi connectivity index (χ4n) is 4.83. The van der Waals surface area contributed by atoms with Crippen molar-refractivity contribution in [3.05, 3.63) is 88.4 Å². The van der Waals surface area contributed by atoms with Gasteiger partial charge in [0.15, 0.2) is 0 Å². The first-order valence-electron chi connectivity index (χ1n) is 12.2. The molecule has 1 aliphatic carbocycles. The van der Waals surface area contributed by atoms with E-state index in [0.717, 1.165) is 23.3 Å². The Balaban J connectivity index is 1.67. The zero-order valence-corrected chi connectivity index (χ0v) is 22.8. The molecular weight excluding hydrogens is 578 g/mol. The third-order valence-corrected chi connectivity index (χ3v) is 9.52. The molecule has 13 heteroatoms. The van der Waals surface area contributed by atoms with Crippen LogP contribution in [0, 0.1) is 6.92 Å². The first-order valence-corrected chi connectivity index (χ1v) is 14.1. The minimum atomic E-state index is -6.00. The van der Waals surface area contributed by atoms with E-state index in [4.69, 9.17) is 12.2 Å². The molecule has 1 aliphatic heterocycles. The molecule has 4 rings (SSSR count). The second-order valence-electron chi connectivity index (χ2n) is 9.74. The summed E-state index contributed by atoms with van der Waals surface area (Å²) in [4.78, 5) is 2.08. The van der Waals surface area contributed by atoms with Crippen LogP contribution >= 0.6 is 12.2 Å². The van der Waals surface area contributed by atoms with Crippen molar-refractivity contribution >= 4 is 32.8 Å². The molecule has 2 aromatic rings. The van der Waals surface area contributed by atoms with Crippen LogP contribution in [-0.2, 0) is 22.0 Å². The lowest BCUT2D eigenvalue weighted by molar-refractivity contribution is -0.376. The van der Waals surface area contributed by atoms with Crippen molar-refractivity contribution < 1.29 is 39.9 Å². The number of benzene rings is 2. The van der Waals surface area contributed by atoms with Gasteiger partial charge in [0.2, 0.25) is 10.0 Å². The number of thiocarbonyl (C=S) groups is 1. The number of anilines is 1. The number of rotatable bonds is 6. The molecule has 0 spiro atoms. The molecule has 1 unspecified atom stereocenters. The van der Waals surface area contributed by atoms with E-state index in [1.54, 1.807) is 17.1 Å². The van der Waals surface area contributed by atoms with Crippen LogP contribution < -0.4 is 4.90 Å². The van der Waals surface area contributed by atoms with Crippen molar-refractivity contribution in [2.75, 3.05) is 24.5 Å². The lowest BCUT2D eigenvalue weighted by atomic mass is 9.92. The highest BCUT2D eigenvalue weighted by molar-refractivity contribution is 7.96. The topological polar surface area (TPSA) is 60.9 Å². The summed E-state index contributed by atoms with van der Waals surface area (Å²) < 4.78 is 108. The van der Waals surface area contributed by atoms with Gasteiger partial charge < -0.3 is 10.0 Å². The number of sulfonamides is 1. The standard InChI is InChI=1S/C27H26F6N2O3S2/c1-18-6-8-19(9-7-18)16-22-17-34(40(37,38)24-5-3-2-4-23(24)39)14-15-35(22)21-12-10-20(11-13-21)25(36,26(28,29)30)27(31,32)33/h2-3,5-13,22,36H,4,14-17H2,1H3. The Hall–Kier alpha value is -2.74. The van der Waals surface area contributed by atoms with Crippen molar-refractivity contribution in [1.82, 2.24) is 4.31 Å². The number of halogens is 6. The van der Waals surface area contributed by atoms with Gasteiger partial charge >= 0.3 is 12.4 Å². The van der Waals surface area contributed by atoms with Crippen LogP contribution in [0.2, 0.25) is 0 Å². The number of allylic oxidation sites excluding steroid dienone is 4. The number of aryl methyl sites for hydroxylation is 1. The van der Waals surface area contributed by atoms with Gasteiger partial charge in [0, 0.05) is 48.2 Å². The monoisotopic (exact) mass is 604 g/mol. The highest BCUT2D eigenvalue weighted by atomic mass is 32.2. The van der Waals surface area contributed by atoms with Crippen molar-refractivity contribution in [3.63, 3.8) is 0 Å². The van der Waals surface area contributed by atoms with Crippen molar-refractivity contribution in [1.29, 1.82) is 0 Å². The van der Waals surface area contributed by atoms with Crippen LogP contribution in [0.25, 0.3) is 0 Å². The number of piperazine rings is 1. The van der Waals surface area contributed by atoms with Crippen LogP contribution in [0.15, 0.2) is 71.7 Å². The largest absolute Gasteiger partial charge is 0.430 e. The van der Waals surface area contributed by atoms with E-state index in [2.05, 4.69) is 0 Å². The Morgan fingerprint density at radius 3 is 2.10 bits per heavy atom. The number of aliphatic hydroxyl groups is 1. The molecule has 0 radical (unpaired) electrons. The van der Waals surface area contributed by atoms with Crippen LogP contribution in [-0.4, -0.2) is 60.7 Å². The molecule has 1 saturated heterocycles. The molecule has 1 heterocycles. The Kier molecular flexibility index (Phi) is 8.25. The zero-order valence-electron chi connectivity index (χ0n) is 21.2. The highest BCUT2D eigenvalue weighted by Crippen LogP contribution is 2.50. The van der Waals surface area contributed by atoms with Crippen LogP contribution in [0.4, 0.5) is 32.0 Å². The summed E-state index contributed by atoms with van der Waals surface area (Å²) >= 11 is 5.27. The summed E-state index contributed by atoms with van der Waals surface area (Å²) in [5, 5.41) is 9.74. The minimum absolute atomic E-state index is 0.0106. The van der Waals surface area contributed by atoms with E-state index < -0.39 is 39.6 Å². The van der Waals surface area contributed by atoms with Crippen molar-refractivity contribution in [2.24, 2.45) is 0 Å². The Morgan fingerprint density at radius 1 is 0.950 bits per heavy atom. The molecule has 0 aromatic heterocycles. The minimum Gasteiger partial charge on any atom is -0.369 e. The molecule has 0 amide bonds. The number of alkyl halides is 6. The second kappa shape index (κ2) is 10.9. The van der Waals surface area contributed by atoms with Gasteiger partial charge in [-0.15, -0.1) is 0 Å². The summed E-state index contributed by atoms with van der Waals surface area (Å²) in [5.74, 6) is 0. The quantitative estimate of drug-likeness (QED) is 0.345. The average molecular weight is 605 g/mol. The Labute approximate surface area is 233 Å². The van der Waals surface area contributed by atoms with E-state index in [0.29, 0.717) is 30.7 Å². The van der Waals surface area contributed by atoms with Gasteiger partial charge in [-0.2, -0.15) is 30.6 Å². The molecule has 40 heavy (non-hydrogen) atoms. The fourth-order valence-corrected chi connectivity index (χ4v) is 6.90. The van der Waals surface area contributed by atoms with Crippen LogP contribution in [0.3, 0.4) is 0 Å². The average Bonchev–Trinajstić information content (AvgIpc) is 2.88. The van der Waals surface area contributed by atoms with E-state index >= 15 is 0 Å². The Morgan fingerprint density at radius 2 is 1.55 bits per heavy atom. The van der Waals surface area contributed by atoms with E-state index in [1.807, 2.05) is 31.2 Å². The molecule has 2 aromatic carbocycles. The summed E-state index contributed by atoms with van der Waals surface area (Å²) in [6, 6.07) is 10.4. The van der Waals surface area contributed by atoms with Crippen molar-refractivity contribution in [3.8, 4) is 0 Å². The lowest BCUT2D eigenvalue weighted by Crippen LogP contribution is -2.56. The van der Waals surface area contributed by atoms with Gasteiger partial charge in [-0.05, 0) is 37.1 Å². The van der Waals surface area contributed by atoms with Gasteiger partial charge in [0.25, 0.3) is 5.60 Å². The maximum Gasteiger partial charge on any atom is 0.430 e. The summed E-state index contributed by atoms with van der Waals surface area (Å²) in [7, 11) is -3.94. The fraction of sp³-hybridized carbons (Fsp3) is 0.370. The molecule has 1 atom stereocenters.